The van der Waals surface area contributed by atoms with E-state index in [1.807, 2.05) is 51.2 Å². The average molecular weight is 247 g/mol. The van der Waals surface area contributed by atoms with Crippen molar-refractivity contribution in [3.8, 4) is 0 Å². The van der Waals surface area contributed by atoms with Crippen LogP contribution in [-0.2, 0) is 0 Å². The molecule has 0 bridgehead atoms. The van der Waals surface area contributed by atoms with Crippen LogP contribution in [-0.4, -0.2) is 33.0 Å². The van der Waals surface area contributed by atoms with Crippen LogP contribution in [0.15, 0.2) is 30.3 Å². The Morgan fingerprint density at radius 2 is 1.90 bits per heavy atom. The molecule has 0 unspecified atom stereocenters. The zero-order valence-electron chi connectivity index (χ0n) is 5.82. The summed E-state index contributed by atoms with van der Waals surface area (Å²) in [5.41, 5.74) is 1.23. The van der Waals surface area contributed by atoms with Gasteiger partial charge < -0.3 is 0 Å². The first-order chi connectivity index (χ1) is 4.84. The maximum atomic E-state index is 2.09. The fraction of sp³-hybridized carbons (Fsp3) is 0.125. The van der Waals surface area contributed by atoms with Gasteiger partial charge in [-0.3, -0.25) is 0 Å². The molecule has 52 valence electrons. The van der Waals surface area contributed by atoms with E-state index in [4.69, 9.17) is 0 Å². The summed E-state index contributed by atoms with van der Waals surface area (Å²) in [6.07, 6.45) is 0. The minimum absolute atomic E-state index is 1.23. The van der Waals surface area contributed by atoms with Crippen LogP contribution in [0.25, 0.3) is 0 Å². The molecule has 10 heavy (non-hydrogen) atoms. The van der Waals surface area contributed by atoms with Crippen LogP contribution in [0.5, 0.6) is 0 Å². The molecule has 0 amide bonds. The molecule has 1 aromatic carbocycles. The molecule has 2 heteroatoms. The number of anilines is 1. The number of hydrogen-bond donors (Lipinski definition) is 0. The number of hydrogen-bond acceptors (Lipinski definition) is 1. The Hall–Kier alpha value is -0.320. The molecule has 0 saturated carbocycles. The number of nitrogens with zero attached hydrogens (tertiary/aromatic N) is 1. The summed E-state index contributed by atoms with van der Waals surface area (Å²) in [6, 6.07) is 10.3. The first-order valence-corrected chi connectivity index (χ1v) is 4.42. The molecule has 0 saturated heterocycles. The normalized spacial score (nSPS) is 8.90. The fourth-order valence-electron chi connectivity index (χ4n) is 0.724. The topological polar surface area (TPSA) is 3.24 Å². The minimum atomic E-state index is 1.23. The number of rotatable bonds is 2. The second kappa shape index (κ2) is 3.75. The van der Waals surface area contributed by atoms with E-state index >= 15 is 0 Å². The summed E-state index contributed by atoms with van der Waals surface area (Å²) >= 11 is 1.96. The van der Waals surface area contributed by atoms with Gasteiger partial charge in [-0.2, -0.15) is 0 Å². The van der Waals surface area contributed by atoms with Crippen LogP contribution >= 0.6 is 0 Å². The van der Waals surface area contributed by atoms with Gasteiger partial charge in [-0.15, -0.1) is 0 Å². The summed E-state index contributed by atoms with van der Waals surface area (Å²) in [6.45, 7) is 0. The van der Waals surface area contributed by atoms with Crippen molar-refractivity contribution in [2.75, 3.05) is 11.9 Å². The van der Waals surface area contributed by atoms with E-state index in [9.17, 15) is 0 Å². The summed E-state index contributed by atoms with van der Waals surface area (Å²) in [4.78, 5) is 2.09. The van der Waals surface area contributed by atoms with Crippen LogP contribution in [0.2, 0.25) is 0 Å². The van der Waals surface area contributed by atoms with Gasteiger partial charge in [0.2, 0.25) is 0 Å². The second-order valence-corrected chi connectivity index (χ2v) is 2.65. The third kappa shape index (κ3) is 1.83. The van der Waals surface area contributed by atoms with Crippen molar-refractivity contribution in [1.29, 1.82) is 0 Å². The zero-order valence-corrected chi connectivity index (χ0v) is 8.15. The van der Waals surface area contributed by atoms with Crippen molar-refractivity contribution in [1.82, 2.24) is 0 Å². The van der Waals surface area contributed by atoms with Crippen LogP contribution in [0.3, 0.4) is 0 Å². The Kier molecular flexibility index (Phi) is 2.92. The van der Waals surface area contributed by atoms with E-state index < -0.39 is 0 Å². The first kappa shape index (κ1) is 7.78. The van der Waals surface area contributed by atoms with Gasteiger partial charge in [0.15, 0.2) is 0 Å². The summed E-state index contributed by atoms with van der Waals surface area (Å²) in [7, 11) is 2.04. The number of benzene rings is 1. The van der Waals surface area contributed by atoms with Crippen molar-refractivity contribution in [2.45, 2.75) is 0 Å². The molecule has 0 fully saturated rings. The molecule has 0 spiro atoms. The Labute approximate surface area is 74.1 Å². The second-order valence-electron chi connectivity index (χ2n) is 2.05. The summed E-state index contributed by atoms with van der Waals surface area (Å²) in [5.74, 6) is 0. The van der Waals surface area contributed by atoms with Crippen molar-refractivity contribution < 1.29 is 0 Å². The van der Waals surface area contributed by atoms with Crippen molar-refractivity contribution >= 4 is 31.7 Å². The van der Waals surface area contributed by atoms with Crippen LogP contribution in [0.1, 0.15) is 0 Å². The molecule has 0 N–H and O–H groups in total. The van der Waals surface area contributed by atoms with Crippen molar-refractivity contribution in [3.05, 3.63) is 30.3 Å². The summed E-state index contributed by atoms with van der Waals surface area (Å²) in [5, 5.41) is 0. The van der Waals surface area contributed by atoms with Gasteiger partial charge in [0.25, 0.3) is 0 Å². The van der Waals surface area contributed by atoms with Gasteiger partial charge >= 0.3 is 74.0 Å². The molecule has 0 aliphatic heterocycles. The maximum absolute atomic E-state index is 2.09. The number of para-hydroxylation sites is 1. The Balaban J connectivity index is 2.84. The van der Waals surface area contributed by atoms with Crippen LogP contribution < -0.4 is 4.90 Å². The molecule has 0 radical (unpaired) electrons. The van der Waals surface area contributed by atoms with Gasteiger partial charge in [0.05, 0.1) is 0 Å². The van der Waals surface area contributed by atoms with Crippen LogP contribution in [0, 0.1) is 0 Å². The monoisotopic (exact) mass is 249 g/mol. The predicted molar refractivity (Wildman–Crippen MR) is 46.7 cm³/mol. The van der Waals surface area contributed by atoms with Gasteiger partial charge in [0.1, 0.15) is 0 Å². The van der Waals surface area contributed by atoms with Gasteiger partial charge in [0, 0.05) is 0 Å². The molecule has 0 aliphatic rings. The van der Waals surface area contributed by atoms with Gasteiger partial charge in [-0.05, 0) is 0 Å². The Morgan fingerprint density at radius 3 is 2.40 bits per heavy atom. The Morgan fingerprint density at radius 1 is 1.30 bits per heavy atom. The average Bonchev–Trinajstić information content (AvgIpc) is 2.05. The standard InChI is InChI=1S/C8H9NTe/c1-9(7-10)8-5-3-2-4-6-8/h2-7H,1H3. The van der Waals surface area contributed by atoms with E-state index in [2.05, 4.69) is 17.0 Å². The first-order valence-electron chi connectivity index (χ1n) is 3.08. The van der Waals surface area contributed by atoms with E-state index in [0.717, 1.165) is 0 Å². The third-order valence-electron chi connectivity index (χ3n) is 1.32. The fourth-order valence-corrected chi connectivity index (χ4v) is 1.07. The van der Waals surface area contributed by atoms with Gasteiger partial charge in [-0.25, -0.2) is 0 Å². The molecule has 0 heterocycles. The van der Waals surface area contributed by atoms with E-state index in [1.165, 1.54) is 5.69 Å². The summed E-state index contributed by atoms with van der Waals surface area (Å²) < 4.78 is 2.05. The van der Waals surface area contributed by atoms with Crippen molar-refractivity contribution in [2.24, 2.45) is 0 Å². The van der Waals surface area contributed by atoms with E-state index in [1.54, 1.807) is 0 Å². The van der Waals surface area contributed by atoms with Crippen LogP contribution in [0.4, 0.5) is 5.69 Å². The van der Waals surface area contributed by atoms with Gasteiger partial charge in [-0.1, -0.05) is 0 Å². The molecule has 0 atom stereocenters. The molecule has 1 rings (SSSR count). The molecular formula is C8H9NTe. The SMILES string of the molecule is CN(C=[Te])c1ccccc1. The zero-order chi connectivity index (χ0) is 7.40. The quantitative estimate of drug-likeness (QED) is 0.706. The van der Waals surface area contributed by atoms with E-state index in [0.29, 0.717) is 0 Å². The predicted octanol–water partition coefficient (Wildman–Crippen LogP) is 1.05. The molecule has 0 aromatic heterocycles. The molecule has 1 nitrogen and oxygen atoms in total. The molecule has 0 aliphatic carbocycles. The molecule has 1 aromatic rings. The van der Waals surface area contributed by atoms with Crippen molar-refractivity contribution in [3.63, 3.8) is 0 Å². The third-order valence-corrected chi connectivity index (χ3v) is 2.22. The van der Waals surface area contributed by atoms with E-state index in [-0.39, 0.29) is 0 Å². The Bertz CT molecular complexity index is 208. The molecular weight excluding hydrogens is 238 g/mol.